The number of hydrogen-bond acceptors (Lipinski definition) is 4. The minimum atomic E-state index is -3.72. The number of carbonyl (C=O) groups is 2. The van der Waals surface area contributed by atoms with E-state index >= 15 is 0 Å². The Balaban J connectivity index is 1.83. The Labute approximate surface area is 171 Å². The van der Waals surface area contributed by atoms with Crippen molar-refractivity contribution in [2.45, 2.75) is 44.4 Å². The van der Waals surface area contributed by atoms with Crippen LogP contribution in [0.2, 0.25) is 0 Å². The molecule has 7 nitrogen and oxygen atoms in total. The van der Waals surface area contributed by atoms with Gasteiger partial charge in [-0.3, -0.25) is 20.4 Å². The Kier molecular flexibility index (Phi) is 7.16. The van der Waals surface area contributed by atoms with Crippen molar-refractivity contribution in [3.8, 4) is 0 Å². The number of rotatable bonds is 6. The molecule has 156 valence electrons. The molecule has 0 fully saturated rings. The molecule has 0 aromatic heterocycles. The quantitative estimate of drug-likeness (QED) is 0.628. The first-order chi connectivity index (χ1) is 13.5. The van der Waals surface area contributed by atoms with Crippen LogP contribution in [0.15, 0.2) is 53.4 Å². The Morgan fingerprint density at radius 2 is 1.55 bits per heavy atom. The lowest BCUT2D eigenvalue weighted by Gasteiger charge is -2.19. The highest BCUT2D eigenvalue weighted by Crippen LogP contribution is 2.23. The number of amides is 2. The summed E-state index contributed by atoms with van der Waals surface area (Å²) in [5, 5.41) is 0. The minimum absolute atomic E-state index is 0.0729. The maximum absolute atomic E-state index is 12.4. The highest BCUT2D eigenvalue weighted by molar-refractivity contribution is 7.89. The molecule has 0 aliphatic carbocycles. The van der Waals surface area contributed by atoms with Crippen LogP contribution in [0.4, 0.5) is 0 Å². The zero-order valence-electron chi connectivity index (χ0n) is 17.1. The van der Waals surface area contributed by atoms with Crippen molar-refractivity contribution >= 4 is 21.8 Å². The second-order valence-corrected chi connectivity index (χ2v) is 9.51. The van der Waals surface area contributed by atoms with Gasteiger partial charge in [-0.25, -0.2) is 13.1 Å². The number of hydrazine groups is 1. The lowest BCUT2D eigenvalue weighted by molar-refractivity contribution is -0.121. The van der Waals surface area contributed by atoms with Crippen LogP contribution < -0.4 is 15.6 Å². The standard InChI is InChI=1S/C21H27N3O4S/c1-15-7-5-6-8-18(15)20(26)24-23-19(25)13-14-22-29(27,28)17-11-9-16(10-12-17)21(2,3)4/h5-12,22H,13-14H2,1-4H3,(H,23,25)(H,24,26). The average molecular weight is 418 g/mol. The van der Waals surface area contributed by atoms with Gasteiger partial charge >= 0.3 is 0 Å². The van der Waals surface area contributed by atoms with Gasteiger partial charge in [0.2, 0.25) is 15.9 Å². The van der Waals surface area contributed by atoms with Crippen LogP contribution in [0, 0.1) is 6.92 Å². The fraction of sp³-hybridized carbons (Fsp3) is 0.333. The highest BCUT2D eigenvalue weighted by atomic mass is 32.2. The first kappa shape index (κ1) is 22.6. The van der Waals surface area contributed by atoms with E-state index in [1.54, 1.807) is 49.4 Å². The van der Waals surface area contributed by atoms with Gasteiger partial charge in [-0.2, -0.15) is 0 Å². The summed E-state index contributed by atoms with van der Waals surface area (Å²) in [6.07, 6.45) is -0.118. The average Bonchev–Trinajstić information content (AvgIpc) is 2.66. The minimum Gasteiger partial charge on any atom is -0.273 e. The van der Waals surface area contributed by atoms with Gasteiger partial charge in [-0.15, -0.1) is 0 Å². The number of hydrogen-bond donors (Lipinski definition) is 3. The number of carbonyl (C=O) groups excluding carboxylic acids is 2. The van der Waals surface area contributed by atoms with Gasteiger partial charge in [0.1, 0.15) is 0 Å². The zero-order chi connectivity index (χ0) is 21.7. The van der Waals surface area contributed by atoms with Crippen molar-refractivity contribution in [3.63, 3.8) is 0 Å². The highest BCUT2D eigenvalue weighted by Gasteiger charge is 2.18. The van der Waals surface area contributed by atoms with Crippen molar-refractivity contribution in [3.05, 3.63) is 65.2 Å². The second-order valence-electron chi connectivity index (χ2n) is 7.74. The summed E-state index contributed by atoms with van der Waals surface area (Å²) in [6.45, 7) is 7.84. The topological polar surface area (TPSA) is 104 Å². The molecule has 0 saturated carbocycles. The second kappa shape index (κ2) is 9.19. The van der Waals surface area contributed by atoms with Crippen LogP contribution in [-0.2, 0) is 20.2 Å². The van der Waals surface area contributed by atoms with Gasteiger partial charge in [0, 0.05) is 18.5 Å². The summed E-state index contributed by atoms with van der Waals surface area (Å²) in [7, 11) is -3.72. The molecule has 2 amide bonds. The molecule has 2 aromatic rings. The predicted molar refractivity (Wildman–Crippen MR) is 112 cm³/mol. The molecule has 0 aliphatic heterocycles. The largest absolute Gasteiger partial charge is 0.273 e. The van der Waals surface area contributed by atoms with Crippen LogP contribution in [0.5, 0.6) is 0 Å². The van der Waals surface area contributed by atoms with Crippen LogP contribution in [-0.4, -0.2) is 26.8 Å². The van der Waals surface area contributed by atoms with Crippen LogP contribution >= 0.6 is 0 Å². The number of nitrogens with one attached hydrogen (secondary N) is 3. The van der Waals surface area contributed by atoms with Crippen molar-refractivity contribution in [1.82, 2.24) is 15.6 Å². The molecule has 0 heterocycles. The summed E-state index contributed by atoms with van der Waals surface area (Å²) in [5.41, 5.74) is 6.80. The van der Waals surface area contributed by atoms with E-state index in [4.69, 9.17) is 0 Å². The molecule has 0 spiro atoms. The molecule has 0 unspecified atom stereocenters. The summed E-state index contributed by atoms with van der Waals surface area (Å²) in [5.74, 6) is -0.936. The van der Waals surface area contributed by atoms with Crippen molar-refractivity contribution in [2.24, 2.45) is 0 Å². The van der Waals surface area contributed by atoms with E-state index in [-0.39, 0.29) is 23.3 Å². The Morgan fingerprint density at radius 3 is 2.14 bits per heavy atom. The Hall–Kier alpha value is -2.71. The van der Waals surface area contributed by atoms with Crippen LogP contribution in [0.25, 0.3) is 0 Å². The maximum atomic E-state index is 12.4. The first-order valence-corrected chi connectivity index (χ1v) is 10.7. The first-order valence-electron chi connectivity index (χ1n) is 9.26. The molecule has 29 heavy (non-hydrogen) atoms. The molecular formula is C21H27N3O4S. The monoisotopic (exact) mass is 417 g/mol. The lowest BCUT2D eigenvalue weighted by Crippen LogP contribution is -2.43. The molecule has 3 N–H and O–H groups in total. The van der Waals surface area contributed by atoms with Gasteiger partial charge in [0.25, 0.3) is 5.91 Å². The number of sulfonamides is 1. The predicted octanol–water partition coefficient (Wildman–Crippen LogP) is 2.42. The van der Waals surface area contributed by atoms with E-state index in [0.717, 1.165) is 11.1 Å². The van der Waals surface area contributed by atoms with Gasteiger partial charge in [0.05, 0.1) is 4.90 Å². The van der Waals surface area contributed by atoms with Gasteiger partial charge in [0.15, 0.2) is 0 Å². The fourth-order valence-corrected chi connectivity index (χ4v) is 3.63. The van der Waals surface area contributed by atoms with E-state index < -0.39 is 21.8 Å². The van der Waals surface area contributed by atoms with E-state index in [9.17, 15) is 18.0 Å². The summed E-state index contributed by atoms with van der Waals surface area (Å²) < 4.78 is 27.1. The number of aryl methyl sites for hydroxylation is 1. The van der Waals surface area contributed by atoms with Crippen molar-refractivity contribution in [2.75, 3.05) is 6.54 Å². The van der Waals surface area contributed by atoms with E-state index in [2.05, 4.69) is 15.6 Å². The lowest BCUT2D eigenvalue weighted by atomic mass is 9.87. The van der Waals surface area contributed by atoms with E-state index in [1.165, 1.54) is 0 Å². The Bertz CT molecular complexity index is 978. The van der Waals surface area contributed by atoms with Gasteiger partial charge in [-0.05, 0) is 41.7 Å². The SMILES string of the molecule is Cc1ccccc1C(=O)NNC(=O)CCNS(=O)(=O)c1ccc(C(C)(C)C)cc1. The third-order valence-electron chi connectivity index (χ3n) is 4.38. The van der Waals surface area contributed by atoms with Crippen LogP contribution in [0.3, 0.4) is 0 Å². The van der Waals surface area contributed by atoms with Gasteiger partial charge in [-0.1, -0.05) is 51.1 Å². The molecule has 0 aliphatic rings. The van der Waals surface area contributed by atoms with Gasteiger partial charge < -0.3 is 0 Å². The van der Waals surface area contributed by atoms with E-state index in [0.29, 0.717) is 5.56 Å². The molecule has 0 bridgehead atoms. The zero-order valence-corrected chi connectivity index (χ0v) is 17.9. The third-order valence-corrected chi connectivity index (χ3v) is 5.86. The normalized spacial score (nSPS) is 11.7. The summed E-state index contributed by atoms with van der Waals surface area (Å²) in [4.78, 5) is 24.1. The maximum Gasteiger partial charge on any atom is 0.269 e. The molecule has 0 saturated heterocycles. The van der Waals surface area contributed by atoms with Crippen LogP contribution in [0.1, 0.15) is 48.7 Å². The summed E-state index contributed by atoms with van der Waals surface area (Å²) in [6, 6.07) is 13.6. The molecule has 0 atom stereocenters. The number of benzene rings is 2. The van der Waals surface area contributed by atoms with Crippen molar-refractivity contribution < 1.29 is 18.0 Å². The van der Waals surface area contributed by atoms with Crippen molar-refractivity contribution in [1.29, 1.82) is 0 Å². The molecule has 8 heteroatoms. The van der Waals surface area contributed by atoms with E-state index in [1.807, 2.05) is 26.8 Å². The Morgan fingerprint density at radius 1 is 0.931 bits per heavy atom. The molecule has 2 rings (SSSR count). The molecule has 0 radical (unpaired) electrons. The molecular weight excluding hydrogens is 390 g/mol. The smallest absolute Gasteiger partial charge is 0.269 e. The molecule has 2 aromatic carbocycles. The fourth-order valence-electron chi connectivity index (χ4n) is 2.60. The third kappa shape index (κ3) is 6.40. The summed E-state index contributed by atoms with van der Waals surface area (Å²) >= 11 is 0.